The molecule has 6 heteroatoms. The van der Waals surface area contributed by atoms with E-state index in [4.69, 9.17) is 0 Å². The van der Waals surface area contributed by atoms with Crippen LogP contribution in [-0.2, 0) is 4.79 Å². The third kappa shape index (κ3) is 2.55. The van der Waals surface area contributed by atoms with Gasteiger partial charge in [-0.25, -0.2) is 9.69 Å². The van der Waals surface area contributed by atoms with E-state index in [1.165, 1.54) is 4.90 Å². The standard InChI is InChI=1S/C15H25N3O3/c1-11-5-2-3-7-15(11)13(20)18(14(21)16-15)10-17-8-4-6-12(19)9-17/h11-12,19H,2-10H2,1H3,(H,16,21)/t11-,12-,15+/m1/s1. The second kappa shape index (κ2) is 5.57. The molecule has 21 heavy (non-hydrogen) atoms. The zero-order chi connectivity index (χ0) is 15.0. The molecule has 1 spiro atoms. The van der Waals surface area contributed by atoms with Crippen molar-refractivity contribution in [3.63, 3.8) is 0 Å². The molecule has 2 aliphatic heterocycles. The van der Waals surface area contributed by atoms with Gasteiger partial charge in [0, 0.05) is 13.1 Å². The molecule has 2 saturated heterocycles. The molecule has 0 aromatic rings. The van der Waals surface area contributed by atoms with E-state index in [0.717, 1.165) is 45.1 Å². The Labute approximate surface area is 125 Å². The fraction of sp³-hybridized carbons (Fsp3) is 0.867. The fourth-order valence-corrected chi connectivity index (χ4v) is 3.98. The molecule has 1 saturated carbocycles. The zero-order valence-corrected chi connectivity index (χ0v) is 12.7. The van der Waals surface area contributed by atoms with Crippen molar-refractivity contribution >= 4 is 11.9 Å². The van der Waals surface area contributed by atoms with Crippen LogP contribution in [0.5, 0.6) is 0 Å². The van der Waals surface area contributed by atoms with Gasteiger partial charge in [-0.15, -0.1) is 0 Å². The van der Waals surface area contributed by atoms with E-state index >= 15 is 0 Å². The predicted octanol–water partition coefficient (Wildman–Crippen LogP) is 0.901. The van der Waals surface area contributed by atoms with E-state index in [1.54, 1.807) is 0 Å². The highest BCUT2D eigenvalue weighted by Crippen LogP contribution is 2.38. The van der Waals surface area contributed by atoms with Crippen LogP contribution in [0.3, 0.4) is 0 Å². The third-order valence-electron chi connectivity index (χ3n) is 5.32. The summed E-state index contributed by atoms with van der Waals surface area (Å²) in [6.45, 7) is 3.73. The molecule has 2 heterocycles. The van der Waals surface area contributed by atoms with Crippen LogP contribution < -0.4 is 5.32 Å². The minimum Gasteiger partial charge on any atom is -0.392 e. The Morgan fingerprint density at radius 2 is 2.10 bits per heavy atom. The average Bonchev–Trinajstić information content (AvgIpc) is 2.68. The number of aliphatic hydroxyl groups is 1. The molecular formula is C15H25N3O3. The van der Waals surface area contributed by atoms with Crippen molar-refractivity contribution in [2.24, 2.45) is 5.92 Å². The molecule has 3 amide bonds. The molecule has 3 atom stereocenters. The van der Waals surface area contributed by atoms with Crippen LogP contribution >= 0.6 is 0 Å². The first-order valence-electron chi connectivity index (χ1n) is 8.07. The van der Waals surface area contributed by atoms with E-state index < -0.39 is 5.54 Å². The van der Waals surface area contributed by atoms with Gasteiger partial charge >= 0.3 is 6.03 Å². The zero-order valence-electron chi connectivity index (χ0n) is 12.7. The van der Waals surface area contributed by atoms with Crippen molar-refractivity contribution in [1.29, 1.82) is 0 Å². The van der Waals surface area contributed by atoms with Gasteiger partial charge in [0.15, 0.2) is 0 Å². The van der Waals surface area contributed by atoms with E-state index in [2.05, 4.69) is 12.2 Å². The molecule has 3 rings (SSSR count). The summed E-state index contributed by atoms with van der Waals surface area (Å²) in [5.41, 5.74) is -0.677. The number of hydrogen-bond donors (Lipinski definition) is 2. The van der Waals surface area contributed by atoms with E-state index in [-0.39, 0.29) is 24.0 Å². The lowest BCUT2D eigenvalue weighted by Crippen LogP contribution is -2.54. The first-order valence-corrected chi connectivity index (χ1v) is 8.07. The van der Waals surface area contributed by atoms with E-state index in [1.807, 2.05) is 4.90 Å². The Bertz CT molecular complexity index is 442. The van der Waals surface area contributed by atoms with Crippen LogP contribution in [0.1, 0.15) is 45.4 Å². The minimum atomic E-state index is -0.677. The lowest BCUT2D eigenvalue weighted by Gasteiger charge is -2.37. The second-order valence-electron chi connectivity index (χ2n) is 6.80. The first kappa shape index (κ1) is 14.8. The van der Waals surface area contributed by atoms with Crippen LogP contribution in [0.15, 0.2) is 0 Å². The van der Waals surface area contributed by atoms with Crippen molar-refractivity contribution in [3.8, 4) is 0 Å². The molecule has 0 aromatic heterocycles. The Morgan fingerprint density at radius 1 is 1.29 bits per heavy atom. The van der Waals surface area contributed by atoms with Gasteiger partial charge < -0.3 is 10.4 Å². The average molecular weight is 295 g/mol. The van der Waals surface area contributed by atoms with E-state index in [9.17, 15) is 14.7 Å². The highest BCUT2D eigenvalue weighted by atomic mass is 16.3. The Balaban J connectivity index is 1.71. The number of hydrogen-bond acceptors (Lipinski definition) is 4. The maximum Gasteiger partial charge on any atom is 0.326 e. The van der Waals surface area contributed by atoms with Gasteiger partial charge in [-0.2, -0.15) is 0 Å². The largest absolute Gasteiger partial charge is 0.392 e. The van der Waals surface area contributed by atoms with E-state index in [0.29, 0.717) is 13.2 Å². The number of piperidine rings is 1. The normalized spacial score (nSPS) is 38.1. The Kier molecular flexibility index (Phi) is 3.92. The number of rotatable bonds is 2. The monoisotopic (exact) mass is 295 g/mol. The van der Waals surface area contributed by atoms with Gasteiger partial charge in [0.05, 0.1) is 12.8 Å². The number of nitrogens with one attached hydrogen (secondary N) is 1. The lowest BCUT2D eigenvalue weighted by molar-refractivity contribution is -0.136. The summed E-state index contributed by atoms with van der Waals surface area (Å²) in [7, 11) is 0. The number of β-amino-alcohol motifs (C(OH)–C–C–N with tert-alkyl or cyclic N) is 1. The van der Waals surface area contributed by atoms with Gasteiger partial charge in [0.25, 0.3) is 5.91 Å². The minimum absolute atomic E-state index is 0.0697. The molecular weight excluding hydrogens is 270 g/mol. The van der Waals surface area contributed by atoms with Crippen molar-refractivity contribution < 1.29 is 14.7 Å². The number of carbonyl (C=O) groups is 2. The maximum atomic E-state index is 12.8. The predicted molar refractivity (Wildman–Crippen MR) is 77.4 cm³/mol. The molecule has 6 nitrogen and oxygen atoms in total. The molecule has 2 N–H and O–H groups in total. The molecule has 3 aliphatic rings. The summed E-state index contributed by atoms with van der Waals surface area (Å²) in [6.07, 6.45) is 5.23. The third-order valence-corrected chi connectivity index (χ3v) is 5.32. The van der Waals surface area contributed by atoms with Gasteiger partial charge in [-0.05, 0) is 31.6 Å². The van der Waals surface area contributed by atoms with Crippen LogP contribution in [-0.4, -0.2) is 58.2 Å². The fourth-order valence-electron chi connectivity index (χ4n) is 3.98. The molecule has 1 aliphatic carbocycles. The summed E-state index contributed by atoms with van der Waals surface area (Å²) in [4.78, 5) is 28.4. The smallest absolute Gasteiger partial charge is 0.326 e. The molecule has 0 aromatic carbocycles. The van der Waals surface area contributed by atoms with Crippen molar-refractivity contribution in [3.05, 3.63) is 0 Å². The molecule has 3 fully saturated rings. The number of urea groups is 1. The number of amides is 3. The summed E-state index contributed by atoms with van der Waals surface area (Å²) in [5.74, 6) is 0.124. The van der Waals surface area contributed by atoms with Crippen molar-refractivity contribution in [1.82, 2.24) is 15.1 Å². The SMILES string of the molecule is C[C@@H]1CCCC[C@]12NC(=O)N(CN1CCC[C@@H](O)C1)C2=O. The summed E-state index contributed by atoms with van der Waals surface area (Å²) in [5, 5.41) is 12.7. The number of aliphatic hydroxyl groups excluding tert-OH is 1. The van der Waals surface area contributed by atoms with Crippen LogP contribution in [0.2, 0.25) is 0 Å². The number of likely N-dealkylation sites (tertiary alicyclic amines) is 1. The quantitative estimate of drug-likeness (QED) is 0.743. The first-order chi connectivity index (χ1) is 10.0. The van der Waals surface area contributed by atoms with Gasteiger partial charge in [0.2, 0.25) is 0 Å². The lowest BCUT2D eigenvalue weighted by atomic mass is 9.73. The second-order valence-corrected chi connectivity index (χ2v) is 6.80. The molecule has 0 bridgehead atoms. The number of imide groups is 1. The Hall–Kier alpha value is -1.14. The maximum absolute atomic E-state index is 12.8. The highest BCUT2D eigenvalue weighted by Gasteiger charge is 2.55. The topological polar surface area (TPSA) is 72.9 Å². The Morgan fingerprint density at radius 3 is 2.81 bits per heavy atom. The van der Waals surface area contributed by atoms with Gasteiger partial charge in [-0.1, -0.05) is 19.8 Å². The number of nitrogens with zero attached hydrogens (tertiary/aromatic N) is 2. The van der Waals surface area contributed by atoms with Crippen molar-refractivity contribution in [2.75, 3.05) is 19.8 Å². The van der Waals surface area contributed by atoms with Crippen LogP contribution in [0.25, 0.3) is 0 Å². The molecule has 0 unspecified atom stereocenters. The summed E-state index contributed by atoms with van der Waals surface area (Å²) >= 11 is 0. The molecule has 0 radical (unpaired) electrons. The van der Waals surface area contributed by atoms with Crippen molar-refractivity contribution in [2.45, 2.75) is 57.1 Å². The number of carbonyl (C=O) groups excluding carboxylic acids is 2. The summed E-state index contributed by atoms with van der Waals surface area (Å²) < 4.78 is 0. The summed E-state index contributed by atoms with van der Waals surface area (Å²) in [6, 6.07) is -0.270. The van der Waals surface area contributed by atoms with Crippen LogP contribution in [0, 0.1) is 5.92 Å². The van der Waals surface area contributed by atoms with Gasteiger partial charge in [0.1, 0.15) is 5.54 Å². The molecule has 118 valence electrons. The highest BCUT2D eigenvalue weighted by molar-refractivity contribution is 6.07. The van der Waals surface area contributed by atoms with Gasteiger partial charge in [-0.3, -0.25) is 9.69 Å². The van der Waals surface area contributed by atoms with Crippen LogP contribution in [0.4, 0.5) is 4.79 Å².